The van der Waals surface area contributed by atoms with Gasteiger partial charge in [-0.3, -0.25) is 10.2 Å². The van der Waals surface area contributed by atoms with Gasteiger partial charge < -0.3 is 5.73 Å². The second-order valence-electron chi connectivity index (χ2n) is 2.53. The molecule has 0 unspecified atom stereocenters. The molecule has 0 fully saturated rings. The molecule has 68 valence electrons. The van der Waals surface area contributed by atoms with Crippen molar-refractivity contribution in [2.24, 2.45) is 5.73 Å². The Balaban J connectivity index is 3.13. The van der Waals surface area contributed by atoms with Crippen LogP contribution in [0.5, 0.6) is 0 Å². The maximum Gasteiger partial charge on any atom is 0.267 e. The van der Waals surface area contributed by atoms with E-state index in [1.54, 1.807) is 12.1 Å². The Morgan fingerprint density at radius 2 is 2.08 bits per heavy atom. The smallest absolute Gasteiger partial charge is 0.267 e. The van der Waals surface area contributed by atoms with E-state index in [-0.39, 0.29) is 5.71 Å². The first-order valence-corrected chi connectivity index (χ1v) is 4.81. The fraction of sp³-hybridized carbons (Fsp3) is 0.111. The molecule has 0 aliphatic heterocycles. The lowest BCUT2D eigenvalue weighted by molar-refractivity contribution is -0.112. The summed E-state index contributed by atoms with van der Waals surface area (Å²) < 4.78 is 0. The molecular weight excluding hydrogens is 232 g/mol. The largest absolute Gasteiger partial charge is 0.364 e. The summed E-state index contributed by atoms with van der Waals surface area (Å²) in [6, 6.07) is 7.19. The molecule has 13 heavy (non-hydrogen) atoms. The minimum atomic E-state index is -0.701. The average Bonchev–Trinajstić information content (AvgIpc) is 2.16. The van der Waals surface area contributed by atoms with Gasteiger partial charge in [-0.2, -0.15) is 0 Å². The molecule has 1 aromatic rings. The van der Waals surface area contributed by atoms with E-state index in [0.717, 1.165) is 5.56 Å². The van der Waals surface area contributed by atoms with Gasteiger partial charge in [0.05, 0.1) is 0 Å². The number of hydrogen-bond acceptors (Lipinski definition) is 2. The van der Waals surface area contributed by atoms with Gasteiger partial charge in [-0.25, -0.2) is 0 Å². The third-order valence-corrected chi connectivity index (χ3v) is 2.28. The van der Waals surface area contributed by atoms with Gasteiger partial charge in [0.15, 0.2) is 0 Å². The minimum Gasteiger partial charge on any atom is -0.364 e. The molecule has 0 atom stereocenters. The average molecular weight is 241 g/mol. The van der Waals surface area contributed by atoms with E-state index in [1.165, 1.54) is 0 Å². The van der Waals surface area contributed by atoms with Crippen LogP contribution in [0.2, 0.25) is 0 Å². The molecule has 0 heterocycles. The molecule has 4 heteroatoms. The second kappa shape index (κ2) is 4.18. The third-order valence-electron chi connectivity index (χ3n) is 1.68. The van der Waals surface area contributed by atoms with Crippen molar-refractivity contribution in [3.05, 3.63) is 35.4 Å². The van der Waals surface area contributed by atoms with Gasteiger partial charge in [-0.15, -0.1) is 0 Å². The monoisotopic (exact) mass is 240 g/mol. The molecular formula is C9H9BrN2O. The summed E-state index contributed by atoms with van der Waals surface area (Å²) in [5.74, 6) is -0.701. The Hall–Kier alpha value is -1.16. The highest BCUT2D eigenvalue weighted by molar-refractivity contribution is 9.08. The fourth-order valence-electron chi connectivity index (χ4n) is 1.01. The summed E-state index contributed by atoms with van der Waals surface area (Å²) in [6.45, 7) is 0. The quantitative estimate of drug-likeness (QED) is 0.610. The van der Waals surface area contributed by atoms with Crippen molar-refractivity contribution in [2.45, 2.75) is 5.33 Å². The minimum absolute atomic E-state index is 0.143. The molecule has 0 aliphatic carbocycles. The van der Waals surface area contributed by atoms with Crippen LogP contribution in [0.4, 0.5) is 0 Å². The molecule has 0 spiro atoms. The van der Waals surface area contributed by atoms with E-state index in [4.69, 9.17) is 11.1 Å². The second-order valence-corrected chi connectivity index (χ2v) is 3.09. The molecule has 1 rings (SSSR count). The van der Waals surface area contributed by atoms with Gasteiger partial charge in [0.2, 0.25) is 0 Å². The Bertz CT molecular complexity index is 349. The maximum atomic E-state index is 10.8. The molecule has 1 aromatic carbocycles. The molecule has 3 N–H and O–H groups in total. The number of primary amides is 1. The van der Waals surface area contributed by atoms with Crippen LogP contribution in [0.3, 0.4) is 0 Å². The van der Waals surface area contributed by atoms with E-state index in [9.17, 15) is 4.79 Å². The molecule has 0 aliphatic rings. The summed E-state index contributed by atoms with van der Waals surface area (Å²) in [5.41, 5.74) is 6.35. The van der Waals surface area contributed by atoms with Gasteiger partial charge >= 0.3 is 0 Å². The Kier molecular flexibility index (Phi) is 3.19. The van der Waals surface area contributed by atoms with Crippen LogP contribution >= 0.6 is 15.9 Å². The van der Waals surface area contributed by atoms with Crippen LogP contribution in [-0.4, -0.2) is 11.6 Å². The van der Waals surface area contributed by atoms with Crippen LogP contribution < -0.4 is 5.73 Å². The standard InChI is InChI=1S/C9H9BrN2O/c10-5-6-3-1-2-4-7(6)8(11)9(12)13/h1-4,11H,5H2,(H2,12,13). The van der Waals surface area contributed by atoms with Crippen LogP contribution in [0.25, 0.3) is 0 Å². The van der Waals surface area contributed by atoms with Crippen molar-refractivity contribution >= 4 is 27.5 Å². The summed E-state index contributed by atoms with van der Waals surface area (Å²) in [6.07, 6.45) is 0. The van der Waals surface area contributed by atoms with Gasteiger partial charge in [-0.1, -0.05) is 40.2 Å². The lowest BCUT2D eigenvalue weighted by Crippen LogP contribution is -2.24. The molecule has 0 saturated heterocycles. The molecule has 0 saturated carbocycles. The maximum absolute atomic E-state index is 10.8. The topological polar surface area (TPSA) is 66.9 Å². The van der Waals surface area contributed by atoms with Crippen molar-refractivity contribution in [3.63, 3.8) is 0 Å². The first kappa shape index (κ1) is 9.92. The zero-order chi connectivity index (χ0) is 9.84. The van der Waals surface area contributed by atoms with Crippen molar-refractivity contribution in [2.75, 3.05) is 0 Å². The van der Waals surface area contributed by atoms with Gasteiger partial charge in [0, 0.05) is 10.9 Å². The highest BCUT2D eigenvalue weighted by Crippen LogP contribution is 2.12. The van der Waals surface area contributed by atoms with Gasteiger partial charge in [-0.05, 0) is 5.56 Å². The first-order chi connectivity index (χ1) is 6.16. The number of carbonyl (C=O) groups is 1. The number of nitrogens with one attached hydrogen (secondary N) is 1. The summed E-state index contributed by atoms with van der Waals surface area (Å²) in [7, 11) is 0. The predicted molar refractivity (Wildman–Crippen MR) is 55.1 cm³/mol. The number of hydrogen-bond donors (Lipinski definition) is 2. The molecule has 0 radical (unpaired) electrons. The highest BCUT2D eigenvalue weighted by Gasteiger charge is 2.10. The zero-order valence-corrected chi connectivity index (χ0v) is 8.47. The predicted octanol–water partition coefficient (Wildman–Crippen LogP) is 1.43. The van der Waals surface area contributed by atoms with E-state index < -0.39 is 5.91 Å². The molecule has 0 aromatic heterocycles. The molecule has 3 nitrogen and oxygen atoms in total. The zero-order valence-electron chi connectivity index (χ0n) is 6.88. The van der Waals surface area contributed by atoms with Crippen LogP contribution in [0, 0.1) is 5.41 Å². The number of halogens is 1. The van der Waals surface area contributed by atoms with Crippen LogP contribution in [0.15, 0.2) is 24.3 Å². The van der Waals surface area contributed by atoms with E-state index in [2.05, 4.69) is 15.9 Å². The lowest BCUT2D eigenvalue weighted by atomic mass is 10.0. The van der Waals surface area contributed by atoms with Crippen LogP contribution in [0.1, 0.15) is 11.1 Å². The van der Waals surface area contributed by atoms with Crippen molar-refractivity contribution in [3.8, 4) is 0 Å². The van der Waals surface area contributed by atoms with Crippen molar-refractivity contribution in [1.82, 2.24) is 0 Å². The number of nitrogens with two attached hydrogens (primary N) is 1. The molecule has 1 amide bonds. The van der Waals surface area contributed by atoms with E-state index in [1.807, 2.05) is 12.1 Å². The Labute approximate surface area is 84.6 Å². The first-order valence-electron chi connectivity index (χ1n) is 3.69. The normalized spacial score (nSPS) is 9.62. The van der Waals surface area contributed by atoms with Crippen molar-refractivity contribution < 1.29 is 4.79 Å². The Morgan fingerprint density at radius 1 is 1.46 bits per heavy atom. The van der Waals surface area contributed by atoms with Crippen molar-refractivity contribution in [1.29, 1.82) is 5.41 Å². The van der Waals surface area contributed by atoms with Gasteiger partial charge in [0.1, 0.15) is 5.71 Å². The summed E-state index contributed by atoms with van der Waals surface area (Å²) in [5, 5.41) is 8.04. The number of carbonyl (C=O) groups excluding carboxylic acids is 1. The van der Waals surface area contributed by atoms with Crippen LogP contribution in [-0.2, 0) is 10.1 Å². The SMILES string of the molecule is N=C(C(N)=O)c1ccccc1CBr. The summed E-state index contributed by atoms with van der Waals surface area (Å²) >= 11 is 3.28. The number of benzene rings is 1. The fourth-order valence-corrected chi connectivity index (χ4v) is 1.50. The number of amides is 1. The third kappa shape index (κ3) is 2.15. The number of rotatable bonds is 3. The summed E-state index contributed by atoms with van der Waals surface area (Å²) in [4.78, 5) is 10.8. The van der Waals surface area contributed by atoms with E-state index >= 15 is 0 Å². The lowest BCUT2D eigenvalue weighted by Gasteiger charge is -2.04. The Morgan fingerprint density at radius 3 is 2.62 bits per heavy atom. The highest BCUT2D eigenvalue weighted by atomic mass is 79.9. The van der Waals surface area contributed by atoms with Gasteiger partial charge in [0.25, 0.3) is 5.91 Å². The van der Waals surface area contributed by atoms with E-state index in [0.29, 0.717) is 10.9 Å². The number of alkyl halides is 1. The molecule has 0 bridgehead atoms.